The van der Waals surface area contributed by atoms with Crippen molar-refractivity contribution in [2.45, 2.75) is 45.1 Å². The highest BCUT2D eigenvalue weighted by atomic mass is 15.2. The van der Waals surface area contributed by atoms with Gasteiger partial charge in [-0.1, -0.05) is 13.3 Å². The van der Waals surface area contributed by atoms with Gasteiger partial charge in [0.25, 0.3) is 0 Å². The summed E-state index contributed by atoms with van der Waals surface area (Å²) in [6.07, 6.45) is 7.30. The molecule has 0 spiro atoms. The first kappa shape index (κ1) is 7.60. The van der Waals surface area contributed by atoms with E-state index in [0.29, 0.717) is 0 Å². The molecule has 0 bridgehead atoms. The SMILES string of the molecule is CC[C@H]1CCCN2CCC[C@@H]12. The summed E-state index contributed by atoms with van der Waals surface area (Å²) >= 11 is 0. The van der Waals surface area contributed by atoms with Gasteiger partial charge in [-0.2, -0.15) is 0 Å². The number of nitrogens with zero attached hydrogens (tertiary/aromatic N) is 1. The van der Waals surface area contributed by atoms with Crippen molar-refractivity contribution in [1.29, 1.82) is 0 Å². The van der Waals surface area contributed by atoms with Gasteiger partial charge in [0.05, 0.1) is 0 Å². The van der Waals surface area contributed by atoms with Crippen molar-refractivity contribution in [3.8, 4) is 0 Å². The molecular formula is C10H19N. The fraction of sp³-hybridized carbons (Fsp3) is 1.00. The lowest BCUT2D eigenvalue weighted by molar-refractivity contribution is 0.131. The van der Waals surface area contributed by atoms with Gasteiger partial charge in [0, 0.05) is 6.04 Å². The van der Waals surface area contributed by atoms with Crippen LogP contribution in [0.15, 0.2) is 0 Å². The molecule has 2 aliphatic rings. The van der Waals surface area contributed by atoms with E-state index in [1.807, 2.05) is 0 Å². The largest absolute Gasteiger partial charge is 0.300 e. The maximum Gasteiger partial charge on any atom is 0.0124 e. The molecule has 0 aromatic carbocycles. The van der Waals surface area contributed by atoms with E-state index in [9.17, 15) is 0 Å². The van der Waals surface area contributed by atoms with Crippen molar-refractivity contribution >= 4 is 0 Å². The van der Waals surface area contributed by atoms with Crippen molar-refractivity contribution in [3.63, 3.8) is 0 Å². The van der Waals surface area contributed by atoms with E-state index in [1.54, 1.807) is 0 Å². The normalized spacial score (nSPS) is 39.0. The molecule has 2 fully saturated rings. The molecule has 2 heterocycles. The number of rotatable bonds is 1. The molecule has 2 aliphatic heterocycles. The quantitative estimate of drug-likeness (QED) is 0.558. The molecule has 11 heavy (non-hydrogen) atoms. The molecule has 0 saturated carbocycles. The molecule has 1 nitrogen and oxygen atoms in total. The molecule has 0 aromatic heterocycles. The monoisotopic (exact) mass is 153 g/mol. The Bertz CT molecular complexity index is 133. The van der Waals surface area contributed by atoms with Crippen LogP contribution in [-0.4, -0.2) is 24.0 Å². The molecule has 2 atom stereocenters. The Morgan fingerprint density at radius 1 is 1.18 bits per heavy atom. The second-order valence-corrected chi connectivity index (χ2v) is 4.06. The summed E-state index contributed by atoms with van der Waals surface area (Å²) in [5.74, 6) is 1.03. The van der Waals surface area contributed by atoms with Crippen LogP contribution in [0.5, 0.6) is 0 Å². The molecule has 1 heteroatoms. The summed E-state index contributed by atoms with van der Waals surface area (Å²) in [5.41, 5.74) is 0. The van der Waals surface area contributed by atoms with Crippen LogP contribution in [0.3, 0.4) is 0 Å². The third-order valence-corrected chi connectivity index (χ3v) is 3.50. The average Bonchev–Trinajstić information content (AvgIpc) is 2.50. The maximum atomic E-state index is 2.72. The Morgan fingerprint density at radius 2 is 1.91 bits per heavy atom. The van der Waals surface area contributed by atoms with E-state index in [2.05, 4.69) is 11.8 Å². The fourth-order valence-corrected chi connectivity index (χ4v) is 2.89. The minimum Gasteiger partial charge on any atom is -0.300 e. The van der Waals surface area contributed by atoms with Crippen LogP contribution in [0.1, 0.15) is 39.0 Å². The molecule has 0 amide bonds. The van der Waals surface area contributed by atoms with Crippen LogP contribution < -0.4 is 0 Å². The fourth-order valence-electron chi connectivity index (χ4n) is 2.89. The van der Waals surface area contributed by atoms with Crippen LogP contribution in [0, 0.1) is 5.92 Å². The Kier molecular flexibility index (Phi) is 2.17. The van der Waals surface area contributed by atoms with E-state index in [1.165, 1.54) is 45.2 Å². The van der Waals surface area contributed by atoms with Crippen LogP contribution >= 0.6 is 0 Å². The molecule has 2 rings (SSSR count). The van der Waals surface area contributed by atoms with Gasteiger partial charge in [0.1, 0.15) is 0 Å². The predicted molar refractivity (Wildman–Crippen MR) is 47.6 cm³/mol. The van der Waals surface area contributed by atoms with Gasteiger partial charge in [-0.15, -0.1) is 0 Å². The minimum atomic E-state index is 0.980. The van der Waals surface area contributed by atoms with Gasteiger partial charge in [-0.05, 0) is 44.7 Å². The Morgan fingerprint density at radius 3 is 2.64 bits per heavy atom. The molecule has 0 aliphatic carbocycles. The Hall–Kier alpha value is -0.0400. The van der Waals surface area contributed by atoms with Gasteiger partial charge in [-0.3, -0.25) is 0 Å². The zero-order valence-corrected chi connectivity index (χ0v) is 7.55. The lowest BCUT2D eigenvalue weighted by Gasteiger charge is -2.36. The predicted octanol–water partition coefficient (Wildman–Crippen LogP) is 2.27. The maximum absolute atomic E-state index is 2.72. The summed E-state index contributed by atoms with van der Waals surface area (Å²) in [7, 11) is 0. The first-order chi connectivity index (χ1) is 5.42. The molecule has 0 aromatic rings. The summed E-state index contributed by atoms with van der Waals surface area (Å²) in [4.78, 5) is 2.72. The van der Waals surface area contributed by atoms with Crippen molar-refractivity contribution in [1.82, 2.24) is 4.90 Å². The van der Waals surface area contributed by atoms with Crippen LogP contribution in [-0.2, 0) is 0 Å². The Labute approximate surface area is 69.8 Å². The minimum absolute atomic E-state index is 0.980. The lowest BCUT2D eigenvalue weighted by atomic mass is 9.87. The summed E-state index contributed by atoms with van der Waals surface area (Å²) in [6.45, 7) is 5.13. The van der Waals surface area contributed by atoms with Crippen molar-refractivity contribution in [2.75, 3.05) is 13.1 Å². The third kappa shape index (κ3) is 1.31. The molecule has 0 N–H and O–H groups in total. The molecule has 0 unspecified atom stereocenters. The van der Waals surface area contributed by atoms with Crippen molar-refractivity contribution < 1.29 is 0 Å². The van der Waals surface area contributed by atoms with E-state index in [0.717, 1.165) is 12.0 Å². The highest BCUT2D eigenvalue weighted by Crippen LogP contribution is 2.32. The van der Waals surface area contributed by atoms with Gasteiger partial charge in [0.2, 0.25) is 0 Å². The van der Waals surface area contributed by atoms with Gasteiger partial charge < -0.3 is 4.90 Å². The summed E-state index contributed by atoms with van der Waals surface area (Å²) in [6, 6.07) is 0.980. The molecular weight excluding hydrogens is 134 g/mol. The van der Waals surface area contributed by atoms with E-state index >= 15 is 0 Å². The molecule has 64 valence electrons. The number of piperidine rings is 1. The van der Waals surface area contributed by atoms with Crippen molar-refractivity contribution in [2.24, 2.45) is 5.92 Å². The standard InChI is InChI=1S/C10H19N/c1-2-9-5-3-7-11-8-4-6-10(9)11/h9-10H,2-8H2,1H3/t9-,10-/m0/s1. The average molecular weight is 153 g/mol. The summed E-state index contributed by atoms with van der Waals surface area (Å²) < 4.78 is 0. The van der Waals surface area contributed by atoms with Crippen molar-refractivity contribution in [3.05, 3.63) is 0 Å². The second-order valence-electron chi connectivity index (χ2n) is 4.06. The van der Waals surface area contributed by atoms with Gasteiger partial charge in [-0.25, -0.2) is 0 Å². The zero-order valence-electron chi connectivity index (χ0n) is 7.55. The van der Waals surface area contributed by atoms with Crippen LogP contribution in [0.2, 0.25) is 0 Å². The van der Waals surface area contributed by atoms with E-state index < -0.39 is 0 Å². The highest BCUT2D eigenvalue weighted by molar-refractivity contribution is 4.87. The Balaban J connectivity index is 2.00. The zero-order chi connectivity index (χ0) is 7.68. The lowest BCUT2D eigenvalue weighted by Crippen LogP contribution is -2.40. The number of fused-ring (bicyclic) bond motifs is 1. The molecule has 0 radical (unpaired) electrons. The van der Waals surface area contributed by atoms with Gasteiger partial charge >= 0.3 is 0 Å². The smallest absolute Gasteiger partial charge is 0.0124 e. The van der Waals surface area contributed by atoms with E-state index in [4.69, 9.17) is 0 Å². The number of hydrogen-bond acceptors (Lipinski definition) is 1. The highest BCUT2D eigenvalue weighted by Gasteiger charge is 2.32. The van der Waals surface area contributed by atoms with E-state index in [-0.39, 0.29) is 0 Å². The summed E-state index contributed by atoms with van der Waals surface area (Å²) in [5, 5.41) is 0. The number of hydrogen-bond donors (Lipinski definition) is 0. The van der Waals surface area contributed by atoms with Crippen LogP contribution in [0.25, 0.3) is 0 Å². The second kappa shape index (κ2) is 3.14. The first-order valence-electron chi connectivity index (χ1n) is 5.16. The first-order valence-corrected chi connectivity index (χ1v) is 5.16. The van der Waals surface area contributed by atoms with Gasteiger partial charge in [0.15, 0.2) is 0 Å². The molecule has 2 saturated heterocycles. The third-order valence-electron chi connectivity index (χ3n) is 3.50. The van der Waals surface area contributed by atoms with Crippen LogP contribution in [0.4, 0.5) is 0 Å². The topological polar surface area (TPSA) is 3.24 Å².